The van der Waals surface area contributed by atoms with E-state index >= 15 is 0 Å². The molecule has 0 atom stereocenters. The Morgan fingerprint density at radius 2 is 2.07 bits per heavy atom. The molecule has 2 N–H and O–H groups in total. The molecular formula is C8H5ClFNO3. The molecule has 74 valence electrons. The molecule has 0 aromatic heterocycles. The number of hydrogen-bond acceptors (Lipinski definition) is 2. The first-order valence-corrected chi connectivity index (χ1v) is 3.88. The Morgan fingerprint density at radius 3 is 2.64 bits per heavy atom. The van der Waals surface area contributed by atoms with Crippen molar-refractivity contribution in [2.24, 2.45) is 0 Å². The van der Waals surface area contributed by atoms with Gasteiger partial charge in [-0.3, -0.25) is 4.79 Å². The number of carboxylic acids is 1. The van der Waals surface area contributed by atoms with Gasteiger partial charge in [0.25, 0.3) is 0 Å². The average Bonchev–Trinajstić information content (AvgIpc) is 2.12. The highest BCUT2D eigenvalue weighted by atomic mass is 35.5. The van der Waals surface area contributed by atoms with Gasteiger partial charge in [0, 0.05) is 0 Å². The first-order valence-electron chi connectivity index (χ1n) is 3.50. The lowest BCUT2D eigenvalue weighted by Gasteiger charge is -2.03. The Hall–Kier alpha value is -1.62. The number of carbonyl (C=O) groups excluding carboxylic acids is 1. The molecule has 0 fully saturated rings. The number of carbonyl (C=O) groups is 2. The van der Waals surface area contributed by atoms with Crippen molar-refractivity contribution in [3.05, 3.63) is 29.0 Å². The molecule has 0 aliphatic heterocycles. The van der Waals surface area contributed by atoms with Crippen LogP contribution >= 0.6 is 11.6 Å². The third-order valence-corrected chi connectivity index (χ3v) is 1.69. The van der Waals surface area contributed by atoms with Gasteiger partial charge < -0.3 is 10.4 Å². The molecule has 14 heavy (non-hydrogen) atoms. The van der Waals surface area contributed by atoms with Crippen molar-refractivity contribution < 1.29 is 19.1 Å². The second-order valence-corrected chi connectivity index (χ2v) is 2.77. The van der Waals surface area contributed by atoms with E-state index in [1.807, 2.05) is 5.32 Å². The smallest absolute Gasteiger partial charge is 0.394 e. The SMILES string of the molecule is O=C(O)C(=O)Nc1cccc(Cl)c1F. The molecule has 1 rings (SSSR count). The third kappa shape index (κ3) is 2.20. The minimum absolute atomic E-state index is 0.187. The van der Waals surface area contributed by atoms with Crippen LogP contribution in [-0.4, -0.2) is 17.0 Å². The largest absolute Gasteiger partial charge is 0.474 e. The Kier molecular flexibility index (Phi) is 3.03. The fraction of sp³-hybridized carbons (Fsp3) is 0. The lowest BCUT2D eigenvalue weighted by Crippen LogP contribution is -2.22. The van der Waals surface area contributed by atoms with Gasteiger partial charge in [-0.05, 0) is 12.1 Å². The Balaban J connectivity index is 2.93. The van der Waals surface area contributed by atoms with Gasteiger partial charge in [0.15, 0.2) is 5.82 Å². The fourth-order valence-electron chi connectivity index (χ4n) is 0.776. The van der Waals surface area contributed by atoms with E-state index in [0.29, 0.717) is 0 Å². The van der Waals surface area contributed by atoms with E-state index in [2.05, 4.69) is 0 Å². The summed E-state index contributed by atoms with van der Waals surface area (Å²) in [5.41, 5.74) is -0.259. The van der Waals surface area contributed by atoms with E-state index in [1.165, 1.54) is 18.2 Å². The van der Waals surface area contributed by atoms with Gasteiger partial charge in [-0.1, -0.05) is 17.7 Å². The summed E-state index contributed by atoms with van der Waals surface area (Å²) in [6.45, 7) is 0. The standard InChI is InChI=1S/C8H5ClFNO3/c9-4-2-1-3-5(6(4)10)11-7(12)8(13)14/h1-3H,(H,11,12)(H,13,14). The summed E-state index contributed by atoms with van der Waals surface area (Å²) in [7, 11) is 0. The molecule has 0 aliphatic carbocycles. The Bertz CT molecular complexity index is 394. The second kappa shape index (κ2) is 4.06. The zero-order valence-electron chi connectivity index (χ0n) is 6.75. The van der Waals surface area contributed by atoms with Crippen LogP contribution in [0.25, 0.3) is 0 Å². The van der Waals surface area contributed by atoms with Crippen LogP contribution in [0.2, 0.25) is 5.02 Å². The van der Waals surface area contributed by atoms with Gasteiger partial charge in [0.2, 0.25) is 0 Å². The third-order valence-electron chi connectivity index (χ3n) is 1.39. The molecule has 1 amide bonds. The molecule has 1 aromatic carbocycles. The minimum Gasteiger partial charge on any atom is -0.474 e. The zero-order valence-corrected chi connectivity index (χ0v) is 7.51. The summed E-state index contributed by atoms with van der Waals surface area (Å²) in [5, 5.41) is 9.90. The van der Waals surface area contributed by atoms with Crippen molar-refractivity contribution in [1.82, 2.24) is 0 Å². The maximum atomic E-state index is 13.1. The first kappa shape index (κ1) is 10.5. The fourth-order valence-corrected chi connectivity index (χ4v) is 0.951. The first-order chi connectivity index (χ1) is 6.52. The summed E-state index contributed by atoms with van der Waals surface area (Å²) in [6, 6.07) is 3.89. The molecule has 4 nitrogen and oxygen atoms in total. The highest BCUT2D eigenvalue weighted by Crippen LogP contribution is 2.21. The average molecular weight is 218 g/mol. The van der Waals surface area contributed by atoms with Crippen molar-refractivity contribution in [3.8, 4) is 0 Å². The van der Waals surface area contributed by atoms with Crippen LogP contribution in [-0.2, 0) is 9.59 Å². The van der Waals surface area contributed by atoms with Gasteiger partial charge in [-0.15, -0.1) is 0 Å². The molecular weight excluding hydrogens is 213 g/mol. The van der Waals surface area contributed by atoms with Crippen molar-refractivity contribution in [1.29, 1.82) is 0 Å². The molecule has 6 heteroatoms. The maximum absolute atomic E-state index is 13.1. The molecule has 0 saturated carbocycles. The van der Waals surface area contributed by atoms with E-state index in [9.17, 15) is 14.0 Å². The predicted octanol–water partition coefficient (Wildman–Crippen LogP) is 1.50. The quantitative estimate of drug-likeness (QED) is 0.701. The number of halogens is 2. The summed E-state index contributed by atoms with van der Waals surface area (Å²) in [4.78, 5) is 20.8. The molecule has 0 saturated heterocycles. The number of benzene rings is 1. The van der Waals surface area contributed by atoms with Crippen LogP contribution < -0.4 is 5.32 Å². The number of nitrogens with one attached hydrogen (secondary N) is 1. The van der Waals surface area contributed by atoms with Gasteiger partial charge >= 0.3 is 11.9 Å². The predicted molar refractivity (Wildman–Crippen MR) is 47.7 cm³/mol. The van der Waals surface area contributed by atoms with Crippen LogP contribution in [0, 0.1) is 5.82 Å². The van der Waals surface area contributed by atoms with Crippen molar-refractivity contribution >= 4 is 29.2 Å². The molecule has 0 radical (unpaired) electrons. The lowest BCUT2D eigenvalue weighted by molar-refractivity contribution is -0.147. The normalized spacial score (nSPS) is 9.57. The van der Waals surface area contributed by atoms with Crippen LogP contribution in [0.4, 0.5) is 10.1 Å². The van der Waals surface area contributed by atoms with Crippen molar-refractivity contribution in [3.63, 3.8) is 0 Å². The van der Waals surface area contributed by atoms with Crippen molar-refractivity contribution in [2.75, 3.05) is 5.32 Å². The van der Waals surface area contributed by atoms with Crippen LogP contribution in [0.1, 0.15) is 0 Å². The molecule has 0 spiro atoms. The molecule has 0 aliphatic rings. The van der Waals surface area contributed by atoms with E-state index in [-0.39, 0.29) is 10.7 Å². The summed E-state index contributed by atoms with van der Waals surface area (Å²) in [6.07, 6.45) is 0. The number of amides is 1. The number of rotatable bonds is 1. The second-order valence-electron chi connectivity index (χ2n) is 2.36. The Labute approximate surface area is 83.3 Å². The highest BCUT2D eigenvalue weighted by Gasteiger charge is 2.14. The van der Waals surface area contributed by atoms with E-state index in [1.54, 1.807) is 0 Å². The summed E-state index contributed by atoms with van der Waals surface area (Å²) >= 11 is 5.40. The van der Waals surface area contributed by atoms with Gasteiger partial charge in [-0.2, -0.15) is 0 Å². The van der Waals surface area contributed by atoms with E-state index < -0.39 is 17.7 Å². The van der Waals surface area contributed by atoms with Crippen molar-refractivity contribution in [2.45, 2.75) is 0 Å². The van der Waals surface area contributed by atoms with Crippen LogP contribution in [0.15, 0.2) is 18.2 Å². The topological polar surface area (TPSA) is 66.4 Å². The van der Waals surface area contributed by atoms with Gasteiger partial charge in [0.05, 0.1) is 10.7 Å². The van der Waals surface area contributed by atoms with Crippen LogP contribution in [0.5, 0.6) is 0 Å². The highest BCUT2D eigenvalue weighted by molar-refractivity contribution is 6.36. The number of anilines is 1. The van der Waals surface area contributed by atoms with E-state index in [0.717, 1.165) is 0 Å². The molecule has 0 bridgehead atoms. The minimum atomic E-state index is -1.69. The van der Waals surface area contributed by atoms with Gasteiger partial charge in [0.1, 0.15) is 0 Å². The van der Waals surface area contributed by atoms with E-state index in [4.69, 9.17) is 16.7 Å². The molecule has 0 unspecified atom stereocenters. The molecule has 0 heterocycles. The molecule has 1 aromatic rings. The lowest BCUT2D eigenvalue weighted by atomic mass is 10.3. The van der Waals surface area contributed by atoms with Gasteiger partial charge in [-0.25, -0.2) is 9.18 Å². The zero-order chi connectivity index (χ0) is 10.7. The summed E-state index contributed by atoms with van der Waals surface area (Å²) in [5.74, 6) is -3.86. The number of aliphatic carboxylic acids is 1. The summed E-state index contributed by atoms with van der Waals surface area (Å²) < 4.78 is 13.1. The monoisotopic (exact) mass is 217 g/mol. The number of carboxylic acid groups (broad SMARTS) is 1. The van der Waals surface area contributed by atoms with Crippen LogP contribution in [0.3, 0.4) is 0 Å². The number of hydrogen-bond donors (Lipinski definition) is 2. The maximum Gasteiger partial charge on any atom is 0.394 e. The Morgan fingerprint density at radius 1 is 1.43 bits per heavy atom.